The highest BCUT2D eigenvalue weighted by Gasteiger charge is 2.26. The maximum atomic E-state index is 12.3. The number of hydrogen-bond acceptors (Lipinski definition) is 5. The van der Waals surface area contributed by atoms with Gasteiger partial charge in [-0.1, -0.05) is 19.1 Å². The highest BCUT2D eigenvalue weighted by Crippen LogP contribution is 2.18. The Morgan fingerprint density at radius 2 is 1.88 bits per heavy atom. The molecule has 1 aromatic carbocycles. The van der Waals surface area contributed by atoms with E-state index in [4.69, 9.17) is 5.11 Å². The third-order valence-electron chi connectivity index (χ3n) is 4.77. The van der Waals surface area contributed by atoms with E-state index < -0.39 is 5.97 Å². The molecule has 0 aromatic heterocycles. The molecule has 2 N–H and O–H groups in total. The molecule has 1 aliphatic heterocycles. The summed E-state index contributed by atoms with van der Waals surface area (Å²) in [4.78, 5) is 38.9. The van der Waals surface area contributed by atoms with Crippen molar-refractivity contribution < 1.29 is 19.5 Å². The third kappa shape index (κ3) is 5.64. The number of aliphatic carboxylic acids is 1. The van der Waals surface area contributed by atoms with Crippen LogP contribution in [0.1, 0.15) is 37.0 Å². The number of carbonyl (C=O) groups excluding carboxylic acids is 2. The molecule has 0 spiro atoms. The summed E-state index contributed by atoms with van der Waals surface area (Å²) in [6, 6.07) is 7.23. The van der Waals surface area contributed by atoms with Crippen molar-refractivity contribution in [1.82, 2.24) is 9.80 Å². The van der Waals surface area contributed by atoms with Crippen LogP contribution < -0.4 is 5.32 Å². The summed E-state index contributed by atoms with van der Waals surface area (Å²) < 4.78 is 0. The first-order valence-electron chi connectivity index (χ1n) is 8.98. The van der Waals surface area contributed by atoms with E-state index in [0.717, 1.165) is 25.9 Å². The highest BCUT2D eigenvalue weighted by molar-refractivity contribution is 6.04. The summed E-state index contributed by atoms with van der Waals surface area (Å²) in [7, 11) is 0. The van der Waals surface area contributed by atoms with Gasteiger partial charge in [-0.2, -0.15) is 0 Å². The SMILES string of the molecule is CCN(CC(=O)O)C1CCN(CC(=O)Nc2ccccc2C(C)=O)CC1. The molecular formula is C19H27N3O4. The van der Waals surface area contributed by atoms with E-state index in [0.29, 0.717) is 17.8 Å². The molecule has 1 aromatic rings. The molecule has 0 radical (unpaired) electrons. The van der Waals surface area contributed by atoms with Gasteiger partial charge in [0.2, 0.25) is 5.91 Å². The van der Waals surface area contributed by atoms with Crippen molar-refractivity contribution in [2.45, 2.75) is 32.7 Å². The number of piperidine rings is 1. The monoisotopic (exact) mass is 361 g/mol. The van der Waals surface area contributed by atoms with Gasteiger partial charge >= 0.3 is 5.97 Å². The lowest BCUT2D eigenvalue weighted by atomic mass is 10.0. The predicted molar refractivity (Wildman–Crippen MR) is 99.4 cm³/mol. The number of ketones is 1. The lowest BCUT2D eigenvalue weighted by molar-refractivity contribution is -0.139. The van der Waals surface area contributed by atoms with Gasteiger partial charge in [-0.3, -0.25) is 24.2 Å². The van der Waals surface area contributed by atoms with Gasteiger partial charge in [0.25, 0.3) is 0 Å². The van der Waals surface area contributed by atoms with E-state index in [1.165, 1.54) is 6.92 Å². The minimum atomic E-state index is -0.808. The molecule has 1 aliphatic rings. The summed E-state index contributed by atoms with van der Waals surface area (Å²) in [6.45, 7) is 5.99. The molecule has 1 fully saturated rings. The minimum absolute atomic E-state index is 0.0590. The van der Waals surface area contributed by atoms with Gasteiger partial charge in [-0.05, 0) is 38.4 Å². The first-order chi connectivity index (χ1) is 12.4. The summed E-state index contributed by atoms with van der Waals surface area (Å²) in [5.74, 6) is -1.03. The number of nitrogens with zero attached hydrogens (tertiary/aromatic N) is 2. The minimum Gasteiger partial charge on any atom is -0.480 e. The van der Waals surface area contributed by atoms with Crippen molar-refractivity contribution in [3.8, 4) is 0 Å². The summed E-state index contributed by atoms with van der Waals surface area (Å²) in [5.41, 5.74) is 1.05. The Morgan fingerprint density at radius 3 is 2.46 bits per heavy atom. The molecule has 1 heterocycles. The zero-order valence-corrected chi connectivity index (χ0v) is 15.4. The van der Waals surface area contributed by atoms with Gasteiger partial charge in [-0.15, -0.1) is 0 Å². The summed E-state index contributed by atoms with van der Waals surface area (Å²) >= 11 is 0. The number of Topliss-reactive ketones (excluding diaryl/α,β-unsaturated/α-hetero) is 1. The van der Waals surface area contributed by atoms with Crippen LogP contribution in [0.3, 0.4) is 0 Å². The van der Waals surface area contributed by atoms with Crippen molar-refractivity contribution in [2.75, 3.05) is 38.0 Å². The van der Waals surface area contributed by atoms with Gasteiger partial charge in [0, 0.05) is 24.7 Å². The van der Waals surface area contributed by atoms with Crippen molar-refractivity contribution in [1.29, 1.82) is 0 Å². The van der Waals surface area contributed by atoms with Gasteiger partial charge in [0.1, 0.15) is 0 Å². The molecule has 2 rings (SSSR count). The van der Waals surface area contributed by atoms with E-state index in [2.05, 4.69) is 10.2 Å². The van der Waals surface area contributed by atoms with E-state index in [9.17, 15) is 14.4 Å². The standard InChI is InChI=1S/C19H27N3O4/c1-3-22(13-19(25)26)15-8-10-21(11-9-15)12-18(24)20-17-7-5-4-6-16(17)14(2)23/h4-7,15H,3,8-13H2,1-2H3,(H,20,24)(H,25,26). The second-order valence-electron chi connectivity index (χ2n) is 6.61. The van der Waals surface area contributed by atoms with Crippen LogP contribution in [0.15, 0.2) is 24.3 Å². The number of likely N-dealkylation sites (tertiary alicyclic amines) is 1. The van der Waals surface area contributed by atoms with Crippen molar-refractivity contribution in [3.05, 3.63) is 29.8 Å². The van der Waals surface area contributed by atoms with Crippen molar-refractivity contribution in [3.63, 3.8) is 0 Å². The molecule has 1 amide bonds. The Kier molecular flexibility index (Phi) is 7.29. The largest absolute Gasteiger partial charge is 0.480 e. The van der Waals surface area contributed by atoms with Crippen LogP contribution in [0.2, 0.25) is 0 Å². The first-order valence-corrected chi connectivity index (χ1v) is 8.98. The molecule has 26 heavy (non-hydrogen) atoms. The number of benzene rings is 1. The molecule has 0 bridgehead atoms. The molecule has 7 heteroatoms. The average molecular weight is 361 g/mol. The topological polar surface area (TPSA) is 90.0 Å². The fourth-order valence-corrected chi connectivity index (χ4v) is 3.41. The third-order valence-corrected chi connectivity index (χ3v) is 4.77. The second kappa shape index (κ2) is 9.45. The number of carbonyl (C=O) groups is 3. The Labute approximate surface area is 154 Å². The van der Waals surface area contributed by atoms with E-state index in [-0.39, 0.29) is 30.8 Å². The first kappa shape index (κ1) is 20.1. The second-order valence-corrected chi connectivity index (χ2v) is 6.61. The molecule has 1 saturated heterocycles. The quantitative estimate of drug-likeness (QED) is 0.685. The predicted octanol–water partition coefficient (Wildman–Crippen LogP) is 1.70. The molecular weight excluding hydrogens is 334 g/mol. The number of nitrogens with one attached hydrogen (secondary N) is 1. The van der Waals surface area contributed by atoms with Crippen LogP contribution in [0.25, 0.3) is 0 Å². The molecule has 142 valence electrons. The number of para-hydroxylation sites is 1. The zero-order valence-electron chi connectivity index (χ0n) is 15.4. The van der Waals surface area contributed by atoms with Crippen LogP contribution in [-0.2, 0) is 9.59 Å². The van der Waals surface area contributed by atoms with E-state index in [1.807, 2.05) is 11.8 Å². The van der Waals surface area contributed by atoms with Crippen LogP contribution in [-0.4, -0.2) is 71.3 Å². The smallest absolute Gasteiger partial charge is 0.317 e. The normalized spacial score (nSPS) is 15.8. The number of amides is 1. The Morgan fingerprint density at radius 1 is 1.23 bits per heavy atom. The van der Waals surface area contributed by atoms with E-state index >= 15 is 0 Å². The maximum absolute atomic E-state index is 12.3. The van der Waals surface area contributed by atoms with Crippen LogP contribution in [0, 0.1) is 0 Å². The molecule has 7 nitrogen and oxygen atoms in total. The molecule has 0 atom stereocenters. The lowest BCUT2D eigenvalue weighted by Gasteiger charge is -2.37. The lowest BCUT2D eigenvalue weighted by Crippen LogP contribution is -2.48. The molecule has 0 saturated carbocycles. The number of carboxylic acid groups (broad SMARTS) is 1. The van der Waals surface area contributed by atoms with Gasteiger partial charge in [0.15, 0.2) is 5.78 Å². The fourth-order valence-electron chi connectivity index (χ4n) is 3.41. The van der Waals surface area contributed by atoms with E-state index in [1.54, 1.807) is 24.3 Å². The van der Waals surface area contributed by atoms with Crippen LogP contribution in [0.5, 0.6) is 0 Å². The Balaban J connectivity index is 1.85. The Hall–Kier alpha value is -2.25. The van der Waals surface area contributed by atoms with Gasteiger partial charge in [-0.25, -0.2) is 0 Å². The Bertz CT molecular complexity index is 654. The number of carboxylic acids is 1. The maximum Gasteiger partial charge on any atom is 0.317 e. The molecule has 0 aliphatic carbocycles. The van der Waals surface area contributed by atoms with Crippen molar-refractivity contribution >= 4 is 23.3 Å². The summed E-state index contributed by atoms with van der Waals surface area (Å²) in [5, 5.41) is 11.8. The number of hydrogen-bond donors (Lipinski definition) is 2. The van der Waals surface area contributed by atoms with Crippen LogP contribution in [0.4, 0.5) is 5.69 Å². The fraction of sp³-hybridized carbons (Fsp3) is 0.526. The van der Waals surface area contributed by atoms with Gasteiger partial charge in [0.05, 0.1) is 18.8 Å². The average Bonchev–Trinajstić information content (AvgIpc) is 2.60. The van der Waals surface area contributed by atoms with Crippen LogP contribution >= 0.6 is 0 Å². The van der Waals surface area contributed by atoms with Crippen molar-refractivity contribution in [2.24, 2.45) is 0 Å². The number of anilines is 1. The highest BCUT2D eigenvalue weighted by atomic mass is 16.4. The summed E-state index contributed by atoms with van der Waals surface area (Å²) in [6.07, 6.45) is 1.69. The number of rotatable bonds is 8. The number of likely N-dealkylation sites (N-methyl/N-ethyl adjacent to an activating group) is 1. The van der Waals surface area contributed by atoms with Gasteiger partial charge < -0.3 is 10.4 Å². The molecule has 0 unspecified atom stereocenters. The zero-order chi connectivity index (χ0) is 19.1.